The predicted octanol–water partition coefficient (Wildman–Crippen LogP) is 8.84. The summed E-state index contributed by atoms with van der Waals surface area (Å²) < 4.78 is 6.60. The van der Waals surface area contributed by atoms with Crippen molar-refractivity contribution in [2.24, 2.45) is 17.8 Å². The van der Waals surface area contributed by atoms with Crippen LogP contribution >= 0.6 is 0 Å². The molecular formula is C29H50O2. The first kappa shape index (κ1) is 26.1. The predicted molar refractivity (Wildman–Crippen MR) is 134 cm³/mol. The Morgan fingerprint density at radius 3 is 1.94 bits per heavy atom. The van der Waals surface area contributed by atoms with Crippen molar-refractivity contribution >= 4 is 0 Å². The van der Waals surface area contributed by atoms with Crippen molar-refractivity contribution < 1.29 is 9.84 Å². The molecule has 0 saturated carbocycles. The van der Waals surface area contributed by atoms with E-state index < -0.39 is 0 Å². The van der Waals surface area contributed by atoms with Crippen molar-refractivity contribution in [1.82, 2.24) is 0 Å². The third-order valence-electron chi connectivity index (χ3n) is 7.87. The van der Waals surface area contributed by atoms with E-state index in [1.54, 1.807) is 0 Å². The summed E-state index contributed by atoms with van der Waals surface area (Å²) in [5.74, 6) is 4.04. The molecule has 3 atom stereocenters. The molecule has 1 N–H and O–H groups in total. The van der Waals surface area contributed by atoms with Crippen LogP contribution in [0.5, 0.6) is 11.5 Å². The minimum atomic E-state index is -0.0712. The molecule has 0 spiro atoms. The smallest absolute Gasteiger partial charge is 0.127 e. The molecule has 2 nitrogen and oxygen atoms in total. The number of hydrogen-bond donors (Lipinski definition) is 1. The molecule has 0 saturated heterocycles. The second kappa shape index (κ2) is 11.6. The maximum atomic E-state index is 10.4. The lowest BCUT2D eigenvalue weighted by molar-refractivity contribution is 0.0512. The van der Waals surface area contributed by atoms with Gasteiger partial charge in [-0.05, 0) is 87.8 Å². The molecule has 0 aromatic heterocycles. The number of benzene rings is 1. The molecule has 1 heterocycles. The summed E-state index contributed by atoms with van der Waals surface area (Å²) in [7, 11) is 0. The molecule has 1 aromatic carbocycles. The Balaban J connectivity index is 1.74. The lowest BCUT2D eigenvalue weighted by atomic mass is 9.84. The molecule has 31 heavy (non-hydrogen) atoms. The second-order valence-corrected chi connectivity index (χ2v) is 11.4. The van der Waals surface area contributed by atoms with Crippen molar-refractivity contribution in [1.29, 1.82) is 0 Å². The quantitative estimate of drug-likeness (QED) is 0.359. The first-order valence-corrected chi connectivity index (χ1v) is 13.0. The third kappa shape index (κ3) is 7.43. The highest BCUT2D eigenvalue weighted by Crippen LogP contribution is 2.44. The lowest BCUT2D eigenvalue weighted by Crippen LogP contribution is -2.37. The Morgan fingerprint density at radius 2 is 1.35 bits per heavy atom. The molecular weight excluding hydrogens is 380 g/mol. The molecule has 1 aromatic rings. The van der Waals surface area contributed by atoms with Crippen LogP contribution in [0.4, 0.5) is 0 Å². The Bertz CT molecular complexity index is 705. The standard InChI is InChI=1S/C29H50O2/c1-20(2)12-9-13-21(3)14-10-15-22(4)16-11-18-29(8)19-17-26-25(7)27(30)23(5)24(6)28(26)31-29/h20-22,30H,9-19H2,1-8H3/t21-,22?,29-/m1/s1. The molecule has 0 fully saturated rings. The Kier molecular flexibility index (Phi) is 9.77. The molecule has 0 aliphatic carbocycles. The van der Waals surface area contributed by atoms with Crippen LogP contribution in [0.15, 0.2) is 0 Å². The van der Waals surface area contributed by atoms with Crippen LogP contribution in [0.25, 0.3) is 0 Å². The highest BCUT2D eigenvalue weighted by molar-refractivity contribution is 5.58. The Morgan fingerprint density at radius 1 is 0.806 bits per heavy atom. The minimum absolute atomic E-state index is 0.0712. The van der Waals surface area contributed by atoms with Crippen LogP contribution in [0, 0.1) is 38.5 Å². The van der Waals surface area contributed by atoms with Gasteiger partial charge in [-0.15, -0.1) is 0 Å². The molecule has 2 heteroatoms. The summed E-state index contributed by atoms with van der Waals surface area (Å²) in [5, 5.41) is 10.4. The molecule has 1 unspecified atom stereocenters. The second-order valence-electron chi connectivity index (χ2n) is 11.4. The number of phenols is 1. The topological polar surface area (TPSA) is 29.5 Å². The van der Waals surface area contributed by atoms with E-state index in [4.69, 9.17) is 4.74 Å². The van der Waals surface area contributed by atoms with Crippen molar-refractivity contribution in [3.8, 4) is 11.5 Å². The van der Waals surface area contributed by atoms with Gasteiger partial charge in [-0.25, -0.2) is 0 Å². The number of aromatic hydroxyl groups is 1. The summed E-state index contributed by atoms with van der Waals surface area (Å²) >= 11 is 0. The van der Waals surface area contributed by atoms with Gasteiger partial charge < -0.3 is 9.84 Å². The number of ether oxygens (including phenoxy) is 1. The van der Waals surface area contributed by atoms with E-state index in [2.05, 4.69) is 41.5 Å². The normalized spacial score (nSPS) is 20.4. The minimum Gasteiger partial charge on any atom is -0.507 e. The zero-order chi connectivity index (χ0) is 23.2. The van der Waals surface area contributed by atoms with Crippen LogP contribution < -0.4 is 4.74 Å². The zero-order valence-corrected chi connectivity index (χ0v) is 21.9. The summed E-state index contributed by atoms with van der Waals surface area (Å²) in [6.45, 7) is 17.9. The van der Waals surface area contributed by atoms with Crippen LogP contribution in [0.3, 0.4) is 0 Å². The van der Waals surface area contributed by atoms with Gasteiger partial charge in [0.15, 0.2) is 0 Å². The Hall–Kier alpha value is -1.18. The van der Waals surface area contributed by atoms with Gasteiger partial charge in [0, 0.05) is 5.56 Å². The number of fused-ring (bicyclic) bond motifs is 1. The Labute approximate surface area is 193 Å². The third-order valence-corrected chi connectivity index (χ3v) is 7.87. The summed E-state index contributed by atoms with van der Waals surface area (Å²) in [5.41, 5.74) is 4.23. The zero-order valence-electron chi connectivity index (χ0n) is 21.9. The van der Waals surface area contributed by atoms with Gasteiger partial charge in [-0.2, -0.15) is 0 Å². The van der Waals surface area contributed by atoms with Crippen LogP contribution in [0.2, 0.25) is 0 Å². The fourth-order valence-electron chi connectivity index (χ4n) is 5.27. The molecule has 0 radical (unpaired) electrons. The molecule has 1 aliphatic heterocycles. The van der Waals surface area contributed by atoms with E-state index in [0.717, 1.165) is 59.5 Å². The SMILES string of the molecule is Cc1c(C)c2c(c(C)c1O)CC[C@@](C)(CCCC(C)CCC[C@H](C)CCCC(C)C)O2. The summed E-state index contributed by atoms with van der Waals surface area (Å²) in [6.07, 6.45) is 14.1. The fraction of sp³-hybridized carbons (Fsp3) is 0.793. The largest absolute Gasteiger partial charge is 0.507 e. The maximum Gasteiger partial charge on any atom is 0.127 e. The van der Waals surface area contributed by atoms with Crippen LogP contribution in [-0.4, -0.2) is 10.7 Å². The van der Waals surface area contributed by atoms with E-state index in [1.165, 1.54) is 56.9 Å². The average Bonchev–Trinajstić information content (AvgIpc) is 2.70. The van der Waals surface area contributed by atoms with E-state index in [1.807, 2.05) is 13.8 Å². The monoisotopic (exact) mass is 430 g/mol. The summed E-state index contributed by atoms with van der Waals surface area (Å²) in [6, 6.07) is 0. The van der Waals surface area contributed by atoms with Crippen molar-refractivity contribution in [2.45, 2.75) is 132 Å². The van der Waals surface area contributed by atoms with Crippen LogP contribution in [0.1, 0.15) is 121 Å². The summed E-state index contributed by atoms with van der Waals surface area (Å²) in [4.78, 5) is 0. The molecule has 0 bridgehead atoms. The maximum absolute atomic E-state index is 10.4. The highest BCUT2D eigenvalue weighted by Gasteiger charge is 2.34. The average molecular weight is 431 g/mol. The number of phenolic OH excluding ortho intramolecular Hbond substituents is 1. The van der Waals surface area contributed by atoms with Gasteiger partial charge >= 0.3 is 0 Å². The van der Waals surface area contributed by atoms with Gasteiger partial charge in [0.2, 0.25) is 0 Å². The highest BCUT2D eigenvalue weighted by atomic mass is 16.5. The van der Waals surface area contributed by atoms with E-state index in [-0.39, 0.29) is 5.60 Å². The lowest BCUT2D eigenvalue weighted by Gasteiger charge is -2.38. The molecule has 0 amide bonds. The van der Waals surface area contributed by atoms with Gasteiger partial charge in [-0.3, -0.25) is 0 Å². The van der Waals surface area contributed by atoms with Gasteiger partial charge in [0.1, 0.15) is 17.1 Å². The first-order chi connectivity index (χ1) is 14.5. The van der Waals surface area contributed by atoms with E-state index in [9.17, 15) is 5.11 Å². The van der Waals surface area contributed by atoms with Crippen LogP contribution in [-0.2, 0) is 6.42 Å². The molecule has 1 aliphatic rings. The van der Waals surface area contributed by atoms with E-state index in [0.29, 0.717) is 5.75 Å². The van der Waals surface area contributed by atoms with Gasteiger partial charge in [-0.1, -0.05) is 72.6 Å². The van der Waals surface area contributed by atoms with Crippen molar-refractivity contribution in [3.63, 3.8) is 0 Å². The van der Waals surface area contributed by atoms with E-state index >= 15 is 0 Å². The molecule has 2 rings (SSSR count). The number of hydrogen-bond acceptors (Lipinski definition) is 2. The van der Waals surface area contributed by atoms with Gasteiger partial charge in [0.25, 0.3) is 0 Å². The first-order valence-electron chi connectivity index (χ1n) is 13.0. The van der Waals surface area contributed by atoms with Gasteiger partial charge in [0.05, 0.1) is 0 Å². The van der Waals surface area contributed by atoms with Crippen molar-refractivity contribution in [2.75, 3.05) is 0 Å². The molecule has 178 valence electrons. The number of rotatable bonds is 12. The van der Waals surface area contributed by atoms with Crippen molar-refractivity contribution in [3.05, 3.63) is 22.3 Å². The fourth-order valence-corrected chi connectivity index (χ4v) is 5.27.